The lowest BCUT2D eigenvalue weighted by atomic mass is 9.93. The van der Waals surface area contributed by atoms with E-state index in [0.717, 1.165) is 22.2 Å². The second kappa shape index (κ2) is 6.43. The second-order valence-electron chi connectivity index (χ2n) is 7.67. The Morgan fingerprint density at radius 2 is 1.52 bits per heavy atom. The van der Waals surface area contributed by atoms with Crippen LogP contribution in [0.4, 0.5) is 16.3 Å². The third-order valence-electron chi connectivity index (χ3n) is 4.45. The van der Waals surface area contributed by atoms with Gasteiger partial charge in [0.15, 0.2) is 5.82 Å². The van der Waals surface area contributed by atoms with Crippen molar-refractivity contribution >= 4 is 39.1 Å². The minimum absolute atomic E-state index is 0.162. The second-order valence-corrected chi connectivity index (χ2v) is 7.67. The minimum Gasteiger partial charge on any atom is -0.359 e. The number of carbonyl (C=O) groups excluding carboxylic acids is 1. The third kappa shape index (κ3) is 3.62. The predicted octanol–water partition coefficient (Wildman–Crippen LogP) is 5.92. The van der Waals surface area contributed by atoms with Crippen molar-refractivity contribution in [3.8, 4) is 0 Å². The van der Waals surface area contributed by atoms with Crippen LogP contribution < -0.4 is 10.6 Å². The van der Waals surface area contributed by atoms with Crippen molar-refractivity contribution in [1.82, 2.24) is 5.16 Å². The Kier molecular flexibility index (Phi) is 4.07. The normalized spacial score (nSPS) is 11.7. The number of anilines is 2. The van der Waals surface area contributed by atoms with Gasteiger partial charge in [-0.25, -0.2) is 4.79 Å². The molecular formula is C22H21N3O2. The van der Waals surface area contributed by atoms with Crippen molar-refractivity contribution in [2.75, 3.05) is 10.6 Å². The van der Waals surface area contributed by atoms with Crippen LogP contribution in [0, 0.1) is 0 Å². The SMILES string of the molecule is CC(C)(C)c1cc(NC(=O)Nc2ccc3cc4ccccc4cc3c2)no1. The zero-order valence-corrected chi connectivity index (χ0v) is 15.5. The summed E-state index contributed by atoms with van der Waals surface area (Å²) in [5, 5.41) is 14.0. The van der Waals surface area contributed by atoms with Crippen molar-refractivity contribution < 1.29 is 9.32 Å². The summed E-state index contributed by atoms with van der Waals surface area (Å²) in [6.45, 7) is 6.07. The molecule has 1 heterocycles. The molecule has 0 atom stereocenters. The monoisotopic (exact) mass is 359 g/mol. The van der Waals surface area contributed by atoms with E-state index in [1.165, 1.54) is 10.8 Å². The molecule has 4 rings (SSSR count). The first-order chi connectivity index (χ1) is 12.9. The minimum atomic E-state index is -0.358. The van der Waals surface area contributed by atoms with Crippen molar-refractivity contribution in [1.29, 1.82) is 0 Å². The van der Waals surface area contributed by atoms with Gasteiger partial charge in [-0.1, -0.05) is 56.3 Å². The Hall–Kier alpha value is -3.34. The number of carbonyl (C=O) groups is 1. The zero-order valence-electron chi connectivity index (χ0n) is 15.5. The molecule has 4 aromatic rings. The van der Waals surface area contributed by atoms with Gasteiger partial charge in [0.25, 0.3) is 0 Å². The van der Waals surface area contributed by atoms with Crippen LogP contribution in [0.1, 0.15) is 26.5 Å². The van der Waals surface area contributed by atoms with E-state index >= 15 is 0 Å². The van der Waals surface area contributed by atoms with E-state index in [2.05, 4.69) is 40.1 Å². The number of rotatable bonds is 2. The fourth-order valence-corrected chi connectivity index (χ4v) is 2.98. The van der Waals surface area contributed by atoms with Crippen LogP contribution in [0.3, 0.4) is 0 Å². The molecular weight excluding hydrogens is 338 g/mol. The summed E-state index contributed by atoms with van der Waals surface area (Å²) >= 11 is 0. The summed E-state index contributed by atoms with van der Waals surface area (Å²) in [5.41, 5.74) is 0.555. The number of nitrogens with one attached hydrogen (secondary N) is 2. The standard InChI is InChI=1S/C22H21N3O2/c1-22(2,3)19-13-20(25-27-19)24-21(26)23-18-9-8-16-10-14-6-4-5-7-15(14)11-17(16)12-18/h4-13H,1-3H3,(H2,23,24,25,26). The van der Waals surface area contributed by atoms with Gasteiger partial charge in [0.05, 0.1) is 0 Å². The molecule has 0 spiro atoms. The Bertz CT molecular complexity index is 1140. The van der Waals surface area contributed by atoms with Crippen molar-refractivity contribution in [3.05, 3.63) is 66.4 Å². The molecule has 0 aliphatic rings. The average Bonchev–Trinajstić information content (AvgIpc) is 3.08. The number of hydrogen-bond acceptors (Lipinski definition) is 3. The molecule has 3 aromatic carbocycles. The van der Waals surface area contributed by atoms with Crippen LogP contribution >= 0.6 is 0 Å². The first-order valence-electron chi connectivity index (χ1n) is 8.86. The summed E-state index contributed by atoms with van der Waals surface area (Å²) in [6, 6.07) is 19.7. The molecule has 0 saturated carbocycles. The quantitative estimate of drug-likeness (QED) is 0.436. The molecule has 0 bridgehead atoms. The lowest BCUT2D eigenvalue weighted by Crippen LogP contribution is -2.19. The van der Waals surface area contributed by atoms with Crippen LogP contribution in [-0.2, 0) is 5.41 Å². The highest BCUT2D eigenvalue weighted by Crippen LogP contribution is 2.26. The van der Waals surface area contributed by atoms with Crippen molar-refractivity contribution in [3.63, 3.8) is 0 Å². The molecule has 2 amide bonds. The summed E-state index contributed by atoms with van der Waals surface area (Å²) < 4.78 is 5.29. The number of amides is 2. The first-order valence-corrected chi connectivity index (χ1v) is 8.86. The van der Waals surface area contributed by atoms with Gasteiger partial charge in [0, 0.05) is 17.2 Å². The molecule has 27 heavy (non-hydrogen) atoms. The fourth-order valence-electron chi connectivity index (χ4n) is 2.98. The van der Waals surface area contributed by atoms with Crippen molar-refractivity contribution in [2.24, 2.45) is 0 Å². The van der Waals surface area contributed by atoms with Gasteiger partial charge < -0.3 is 9.84 Å². The third-order valence-corrected chi connectivity index (χ3v) is 4.45. The summed E-state index contributed by atoms with van der Waals surface area (Å²) in [4.78, 5) is 12.3. The van der Waals surface area contributed by atoms with Gasteiger partial charge in [0.2, 0.25) is 0 Å². The maximum atomic E-state index is 12.3. The fraction of sp³-hybridized carbons (Fsp3) is 0.182. The molecule has 0 aliphatic heterocycles. The van der Waals surface area contributed by atoms with E-state index < -0.39 is 0 Å². The summed E-state index contributed by atoms with van der Waals surface area (Å²) in [6.07, 6.45) is 0. The van der Waals surface area contributed by atoms with Gasteiger partial charge in [-0.05, 0) is 45.8 Å². The van der Waals surface area contributed by atoms with Crippen LogP contribution in [-0.4, -0.2) is 11.2 Å². The molecule has 2 N–H and O–H groups in total. The van der Waals surface area contributed by atoms with Crippen LogP contribution in [0.25, 0.3) is 21.5 Å². The smallest absolute Gasteiger partial charge is 0.324 e. The maximum Gasteiger partial charge on any atom is 0.324 e. The molecule has 0 radical (unpaired) electrons. The Morgan fingerprint density at radius 1 is 0.852 bits per heavy atom. The molecule has 0 unspecified atom stereocenters. The highest BCUT2D eigenvalue weighted by molar-refractivity contribution is 6.03. The molecule has 5 nitrogen and oxygen atoms in total. The molecule has 1 aromatic heterocycles. The van der Waals surface area contributed by atoms with Gasteiger partial charge >= 0.3 is 6.03 Å². The van der Waals surface area contributed by atoms with E-state index in [9.17, 15) is 4.79 Å². The van der Waals surface area contributed by atoms with E-state index in [-0.39, 0.29) is 11.4 Å². The predicted molar refractivity (Wildman–Crippen MR) is 109 cm³/mol. The van der Waals surface area contributed by atoms with E-state index in [1.54, 1.807) is 6.07 Å². The molecule has 0 fully saturated rings. The Balaban J connectivity index is 1.53. The lowest BCUT2D eigenvalue weighted by Gasteiger charge is -2.12. The summed E-state index contributed by atoms with van der Waals surface area (Å²) in [5.74, 6) is 1.11. The molecule has 136 valence electrons. The average molecular weight is 359 g/mol. The molecule has 0 aliphatic carbocycles. The first kappa shape index (κ1) is 17.1. The number of urea groups is 1. The van der Waals surface area contributed by atoms with Crippen LogP contribution in [0.2, 0.25) is 0 Å². The number of aromatic nitrogens is 1. The van der Waals surface area contributed by atoms with Gasteiger partial charge in [-0.3, -0.25) is 5.32 Å². The van der Waals surface area contributed by atoms with Gasteiger partial charge in [-0.2, -0.15) is 0 Å². The summed E-state index contributed by atoms with van der Waals surface area (Å²) in [7, 11) is 0. The Morgan fingerprint density at radius 3 is 2.19 bits per heavy atom. The highest BCUT2D eigenvalue weighted by atomic mass is 16.5. The van der Waals surface area contributed by atoms with Crippen molar-refractivity contribution in [2.45, 2.75) is 26.2 Å². The van der Waals surface area contributed by atoms with Crippen LogP contribution in [0.15, 0.2) is 65.2 Å². The zero-order chi connectivity index (χ0) is 19.0. The van der Waals surface area contributed by atoms with Gasteiger partial charge in [-0.15, -0.1) is 0 Å². The lowest BCUT2D eigenvalue weighted by molar-refractivity contribution is 0.262. The van der Waals surface area contributed by atoms with Crippen LogP contribution in [0.5, 0.6) is 0 Å². The van der Waals surface area contributed by atoms with E-state index in [4.69, 9.17) is 4.52 Å². The largest absolute Gasteiger partial charge is 0.359 e. The number of hydrogen-bond donors (Lipinski definition) is 2. The number of benzene rings is 3. The van der Waals surface area contributed by atoms with E-state index in [1.807, 2.05) is 51.1 Å². The number of fused-ring (bicyclic) bond motifs is 2. The maximum absolute atomic E-state index is 12.3. The number of nitrogens with zero attached hydrogens (tertiary/aromatic N) is 1. The molecule has 0 saturated heterocycles. The van der Waals surface area contributed by atoms with Gasteiger partial charge in [0.1, 0.15) is 5.76 Å². The Labute approximate surface area is 157 Å². The molecule has 5 heteroatoms. The topological polar surface area (TPSA) is 67.2 Å². The highest BCUT2D eigenvalue weighted by Gasteiger charge is 2.20. The van der Waals surface area contributed by atoms with E-state index in [0.29, 0.717) is 5.82 Å².